The highest BCUT2D eigenvalue weighted by Gasteiger charge is 2.13. The van der Waals surface area contributed by atoms with Crippen molar-refractivity contribution in [1.82, 2.24) is 20.2 Å². The van der Waals surface area contributed by atoms with Gasteiger partial charge in [0.2, 0.25) is 0 Å². The van der Waals surface area contributed by atoms with Gasteiger partial charge in [-0.05, 0) is 40.8 Å². The van der Waals surface area contributed by atoms with E-state index in [2.05, 4.69) is 15.5 Å². The number of para-hydroxylation sites is 1. The molecule has 0 unspecified atom stereocenters. The second-order valence-electron chi connectivity index (χ2n) is 3.98. The van der Waals surface area contributed by atoms with Crippen LogP contribution < -0.4 is 5.73 Å². The Bertz CT molecular complexity index is 722. The van der Waals surface area contributed by atoms with Crippen molar-refractivity contribution in [2.75, 3.05) is 5.73 Å². The molecule has 0 aliphatic rings. The number of nitrogens with two attached hydrogens (primary N) is 1. The van der Waals surface area contributed by atoms with E-state index in [4.69, 9.17) is 5.73 Å². The van der Waals surface area contributed by atoms with Crippen molar-refractivity contribution in [3.63, 3.8) is 0 Å². The lowest BCUT2D eigenvalue weighted by molar-refractivity contribution is 0.625. The minimum absolute atomic E-state index is 0.347. The first-order chi connectivity index (χ1) is 9.25. The zero-order chi connectivity index (χ0) is 13.2. The van der Waals surface area contributed by atoms with E-state index in [1.807, 2.05) is 18.2 Å². The van der Waals surface area contributed by atoms with Gasteiger partial charge in [-0.15, -0.1) is 5.10 Å². The Labute approximate surface area is 108 Å². The van der Waals surface area contributed by atoms with Crippen molar-refractivity contribution >= 4 is 5.69 Å². The second kappa shape index (κ2) is 4.49. The number of tetrazole rings is 1. The molecule has 2 N–H and O–H groups in total. The maximum Gasteiger partial charge on any atom is 0.189 e. The fourth-order valence-electron chi connectivity index (χ4n) is 1.84. The van der Waals surface area contributed by atoms with E-state index >= 15 is 0 Å². The van der Waals surface area contributed by atoms with Crippen molar-refractivity contribution < 1.29 is 4.39 Å². The predicted molar refractivity (Wildman–Crippen MR) is 69.0 cm³/mol. The monoisotopic (exact) mass is 255 g/mol. The molecule has 94 valence electrons. The van der Waals surface area contributed by atoms with Gasteiger partial charge in [0.15, 0.2) is 5.82 Å². The second-order valence-corrected chi connectivity index (χ2v) is 3.98. The van der Waals surface area contributed by atoms with Gasteiger partial charge in [-0.2, -0.15) is 4.68 Å². The van der Waals surface area contributed by atoms with Crippen molar-refractivity contribution in [2.24, 2.45) is 0 Å². The summed E-state index contributed by atoms with van der Waals surface area (Å²) in [5.41, 5.74) is 7.72. The summed E-state index contributed by atoms with van der Waals surface area (Å²) in [6.45, 7) is 0. The van der Waals surface area contributed by atoms with Crippen LogP contribution in [0.25, 0.3) is 17.1 Å². The minimum Gasteiger partial charge on any atom is -0.398 e. The van der Waals surface area contributed by atoms with Gasteiger partial charge in [0, 0.05) is 11.3 Å². The Morgan fingerprint density at radius 2 is 1.89 bits per heavy atom. The van der Waals surface area contributed by atoms with E-state index < -0.39 is 0 Å². The standard InChI is InChI=1S/C13H10FN5/c14-9-4-3-5-10(8-9)19-13(16-17-18-19)11-6-1-2-7-12(11)15/h1-8H,15H2. The van der Waals surface area contributed by atoms with Gasteiger partial charge in [-0.1, -0.05) is 18.2 Å². The number of anilines is 1. The summed E-state index contributed by atoms with van der Waals surface area (Å²) in [6.07, 6.45) is 0. The van der Waals surface area contributed by atoms with Crippen LogP contribution in [-0.2, 0) is 0 Å². The first-order valence-corrected chi connectivity index (χ1v) is 5.65. The average molecular weight is 255 g/mol. The molecular formula is C13H10FN5. The maximum absolute atomic E-state index is 13.3. The molecule has 0 aliphatic carbocycles. The van der Waals surface area contributed by atoms with Gasteiger partial charge in [-0.3, -0.25) is 0 Å². The van der Waals surface area contributed by atoms with Crippen LogP contribution in [0.4, 0.5) is 10.1 Å². The van der Waals surface area contributed by atoms with E-state index in [1.165, 1.54) is 16.8 Å². The molecule has 6 heteroatoms. The summed E-state index contributed by atoms with van der Waals surface area (Å²) < 4.78 is 14.7. The molecule has 0 amide bonds. The van der Waals surface area contributed by atoms with E-state index in [0.717, 1.165) is 0 Å². The molecule has 0 atom stereocenters. The van der Waals surface area contributed by atoms with Gasteiger partial charge in [0.25, 0.3) is 0 Å². The highest BCUT2D eigenvalue weighted by Crippen LogP contribution is 2.24. The molecule has 1 heterocycles. The molecule has 0 spiro atoms. The molecule has 3 rings (SSSR count). The lowest BCUT2D eigenvalue weighted by Crippen LogP contribution is -2.01. The zero-order valence-electron chi connectivity index (χ0n) is 9.86. The number of halogens is 1. The molecular weight excluding hydrogens is 245 g/mol. The third-order valence-corrected chi connectivity index (χ3v) is 2.72. The summed E-state index contributed by atoms with van der Waals surface area (Å²) in [4.78, 5) is 0. The normalized spacial score (nSPS) is 10.6. The van der Waals surface area contributed by atoms with Crippen molar-refractivity contribution in [3.8, 4) is 17.1 Å². The Balaban J connectivity index is 2.16. The maximum atomic E-state index is 13.3. The number of rotatable bonds is 2. The summed E-state index contributed by atoms with van der Waals surface area (Å²) in [5.74, 6) is 0.128. The Hall–Kier alpha value is -2.76. The van der Waals surface area contributed by atoms with Crippen LogP contribution in [0, 0.1) is 5.82 Å². The third kappa shape index (κ3) is 2.03. The lowest BCUT2D eigenvalue weighted by atomic mass is 10.1. The third-order valence-electron chi connectivity index (χ3n) is 2.72. The quantitative estimate of drug-likeness (QED) is 0.711. The number of hydrogen-bond donors (Lipinski definition) is 1. The molecule has 2 aromatic carbocycles. The number of aromatic nitrogens is 4. The first kappa shape index (κ1) is 11.3. The fraction of sp³-hybridized carbons (Fsp3) is 0. The number of nitrogens with zero attached hydrogens (tertiary/aromatic N) is 4. The van der Waals surface area contributed by atoms with E-state index in [9.17, 15) is 4.39 Å². The smallest absolute Gasteiger partial charge is 0.189 e. The molecule has 0 saturated carbocycles. The Morgan fingerprint density at radius 3 is 2.68 bits per heavy atom. The topological polar surface area (TPSA) is 69.6 Å². The molecule has 19 heavy (non-hydrogen) atoms. The SMILES string of the molecule is Nc1ccccc1-c1nnnn1-c1cccc(F)c1. The van der Waals surface area contributed by atoms with Crippen LogP contribution in [0.2, 0.25) is 0 Å². The van der Waals surface area contributed by atoms with E-state index in [1.54, 1.807) is 18.2 Å². The molecule has 3 aromatic rings. The number of benzene rings is 2. The van der Waals surface area contributed by atoms with Crippen LogP contribution in [0.1, 0.15) is 0 Å². The molecule has 0 radical (unpaired) electrons. The van der Waals surface area contributed by atoms with Gasteiger partial charge in [0.1, 0.15) is 5.82 Å². The highest BCUT2D eigenvalue weighted by molar-refractivity contribution is 5.72. The largest absolute Gasteiger partial charge is 0.398 e. The summed E-state index contributed by atoms with van der Waals surface area (Å²) in [6, 6.07) is 13.3. The molecule has 1 aromatic heterocycles. The number of hydrogen-bond acceptors (Lipinski definition) is 4. The highest BCUT2D eigenvalue weighted by atomic mass is 19.1. The molecule has 0 aliphatic heterocycles. The van der Waals surface area contributed by atoms with Crippen molar-refractivity contribution in [1.29, 1.82) is 0 Å². The zero-order valence-corrected chi connectivity index (χ0v) is 9.86. The van der Waals surface area contributed by atoms with Crippen LogP contribution in [0.3, 0.4) is 0 Å². The van der Waals surface area contributed by atoms with E-state index in [0.29, 0.717) is 22.8 Å². The summed E-state index contributed by atoms with van der Waals surface area (Å²) in [5, 5.41) is 11.5. The minimum atomic E-state index is -0.347. The van der Waals surface area contributed by atoms with Gasteiger partial charge < -0.3 is 5.73 Å². The van der Waals surface area contributed by atoms with Crippen LogP contribution in [0.5, 0.6) is 0 Å². The van der Waals surface area contributed by atoms with Gasteiger partial charge >= 0.3 is 0 Å². The van der Waals surface area contributed by atoms with Crippen molar-refractivity contribution in [3.05, 3.63) is 54.3 Å². The Morgan fingerprint density at radius 1 is 1.05 bits per heavy atom. The molecule has 0 bridgehead atoms. The van der Waals surface area contributed by atoms with Crippen LogP contribution in [0.15, 0.2) is 48.5 Å². The number of nitrogen functional groups attached to an aromatic ring is 1. The Kier molecular flexibility index (Phi) is 2.68. The molecule has 0 fully saturated rings. The lowest BCUT2D eigenvalue weighted by Gasteiger charge is -2.06. The van der Waals surface area contributed by atoms with Crippen molar-refractivity contribution in [2.45, 2.75) is 0 Å². The average Bonchev–Trinajstić information content (AvgIpc) is 2.88. The van der Waals surface area contributed by atoms with Gasteiger partial charge in [0.05, 0.1) is 5.69 Å². The summed E-state index contributed by atoms with van der Waals surface area (Å²) >= 11 is 0. The summed E-state index contributed by atoms with van der Waals surface area (Å²) in [7, 11) is 0. The van der Waals surface area contributed by atoms with Crippen LogP contribution >= 0.6 is 0 Å². The predicted octanol–water partition coefficient (Wildman–Crippen LogP) is 2.05. The van der Waals surface area contributed by atoms with Crippen LogP contribution in [-0.4, -0.2) is 20.2 Å². The fourth-order valence-corrected chi connectivity index (χ4v) is 1.84. The van der Waals surface area contributed by atoms with E-state index in [-0.39, 0.29) is 5.82 Å². The first-order valence-electron chi connectivity index (χ1n) is 5.65. The van der Waals surface area contributed by atoms with Gasteiger partial charge in [-0.25, -0.2) is 4.39 Å². The molecule has 5 nitrogen and oxygen atoms in total. The molecule has 0 saturated heterocycles.